The third kappa shape index (κ3) is 5.29. The molecular formula is C42H50N6. The lowest BCUT2D eigenvalue weighted by Gasteiger charge is -2.30. The first-order valence-corrected chi connectivity index (χ1v) is 18.5. The van der Waals surface area contributed by atoms with Crippen molar-refractivity contribution in [2.45, 2.75) is 59.3 Å². The molecule has 0 saturated carbocycles. The molecule has 3 N–H and O–H groups in total. The standard InChI is InChI=1S/C42H50N6/c1-27-7-9-34-36(14-23-47-18-5-19-47)42(44-38(34)25-27)31-11-12-35-37(15-24-48-20-6-21-48)41(45-40(35)28(31)2)30-8-10-33-32(13-22-46-16-4-17-46)29(3)43-39(33)26-30/h7-12,25-26,43-45H,4-6,13-24H2,1-3H3. The largest absolute Gasteiger partial charge is 0.358 e. The van der Waals surface area contributed by atoms with E-state index in [0.717, 1.165) is 38.9 Å². The van der Waals surface area contributed by atoms with Crippen LogP contribution in [0.3, 0.4) is 0 Å². The van der Waals surface area contributed by atoms with Crippen molar-refractivity contribution in [1.82, 2.24) is 29.7 Å². The Kier molecular flexibility index (Phi) is 7.71. The number of hydrogen-bond acceptors (Lipinski definition) is 3. The lowest BCUT2D eigenvalue weighted by Crippen LogP contribution is -2.38. The number of aryl methyl sites for hydroxylation is 3. The molecule has 3 fully saturated rings. The number of aromatic amines is 3. The molecule has 3 aliphatic rings. The maximum absolute atomic E-state index is 4.03. The molecule has 0 radical (unpaired) electrons. The molecule has 0 bridgehead atoms. The second kappa shape index (κ2) is 12.2. The number of H-pyrrole nitrogens is 3. The topological polar surface area (TPSA) is 57.1 Å². The Morgan fingerprint density at radius 3 is 1.75 bits per heavy atom. The van der Waals surface area contributed by atoms with Gasteiger partial charge in [0.2, 0.25) is 0 Å². The van der Waals surface area contributed by atoms with Crippen LogP contribution in [0.15, 0.2) is 48.5 Å². The molecule has 6 aromatic rings. The van der Waals surface area contributed by atoms with Crippen LogP contribution >= 0.6 is 0 Å². The summed E-state index contributed by atoms with van der Waals surface area (Å²) in [6.07, 6.45) is 7.26. The Hall–Kier alpha value is -3.84. The van der Waals surface area contributed by atoms with Gasteiger partial charge >= 0.3 is 0 Å². The maximum Gasteiger partial charge on any atom is 0.0501 e. The Bertz CT molecular complexity index is 2130. The van der Waals surface area contributed by atoms with Gasteiger partial charge < -0.3 is 29.7 Å². The highest BCUT2D eigenvalue weighted by Crippen LogP contribution is 2.40. The average molecular weight is 639 g/mol. The van der Waals surface area contributed by atoms with Gasteiger partial charge in [0, 0.05) is 74.9 Å². The van der Waals surface area contributed by atoms with Gasteiger partial charge in [-0.05, 0) is 139 Å². The molecular weight excluding hydrogens is 589 g/mol. The van der Waals surface area contributed by atoms with E-state index in [0.29, 0.717) is 0 Å². The molecule has 0 unspecified atom stereocenters. The predicted molar refractivity (Wildman–Crippen MR) is 201 cm³/mol. The van der Waals surface area contributed by atoms with Crippen LogP contribution in [-0.4, -0.2) is 88.6 Å². The fourth-order valence-corrected chi connectivity index (χ4v) is 8.59. The van der Waals surface area contributed by atoms with Crippen molar-refractivity contribution in [2.24, 2.45) is 0 Å². The SMILES string of the molecule is Cc1ccc2c(CCN3CCC3)c(-c3ccc4c(CCN5CCC5)c(-c5ccc6c(CCN7CCC7)c(C)[nH]c6c5)[nH]c4c3C)[nH]c2c1. The molecule has 6 heteroatoms. The predicted octanol–water partition coefficient (Wildman–Crippen LogP) is 8.13. The van der Waals surface area contributed by atoms with Crippen LogP contribution in [0.2, 0.25) is 0 Å². The molecule has 3 aromatic carbocycles. The Morgan fingerprint density at radius 1 is 0.542 bits per heavy atom. The molecule has 0 spiro atoms. The van der Waals surface area contributed by atoms with Crippen LogP contribution < -0.4 is 0 Å². The van der Waals surface area contributed by atoms with Gasteiger partial charge in [-0.25, -0.2) is 0 Å². The summed E-state index contributed by atoms with van der Waals surface area (Å²) in [6, 6.07) is 18.9. The van der Waals surface area contributed by atoms with E-state index >= 15 is 0 Å². The van der Waals surface area contributed by atoms with Crippen LogP contribution in [0.4, 0.5) is 0 Å². The highest BCUT2D eigenvalue weighted by atomic mass is 15.2. The Balaban J connectivity index is 1.13. The minimum absolute atomic E-state index is 1.06. The summed E-state index contributed by atoms with van der Waals surface area (Å²) in [6.45, 7) is 17.6. The van der Waals surface area contributed by atoms with Gasteiger partial charge in [0.15, 0.2) is 0 Å². The summed E-state index contributed by atoms with van der Waals surface area (Å²) >= 11 is 0. The number of nitrogens with one attached hydrogen (secondary N) is 3. The molecule has 0 atom stereocenters. The first-order valence-electron chi connectivity index (χ1n) is 18.5. The molecule has 9 rings (SSSR count). The highest BCUT2D eigenvalue weighted by Gasteiger charge is 2.23. The summed E-state index contributed by atoms with van der Waals surface area (Å²) in [5.74, 6) is 0. The fraction of sp³-hybridized carbons (Fsp3) is 0.429. The van der Waals surface area contributed by atoms with E-state index in [-0.39, 0.29) is 0 Å². The summed E-state index contributed by atoms with van der Waals surface area (Å²) in [5.41, 5.74) is 17.3. The molecule has 48 heavy (non-hydrogen) atoms. The minimum atomic E-state index is 1.06. The van der Waals surface area contributed by atoms with E-state index < -0.39 is 0 Å². The first-order chi connectivity index (χ1) is 23.5. The fourth-order valence-electron chi connectivity index (χ4n) is 8.59. The zero-order valence-corrected chi connectivity index (χ0v) is 29.1. The third-order valence-electron chi connectivity index (χ3n) is 12.0. The van der Waals surface area contributed by atoms with Gasteiger partial charge in [0.25, 0.3) is 0 Å². The molecule has 3 aromatic heterocycles. The minimum Gasteiger partial charge on any atom is -0.358 e. The maximum atomic E-state index is 4.03. The van der Waals surface area contributed by atoms with Crippen molar-refractivity contribution < 1.29 is 0 Å². The second-order valence-electron chi connectivity index (χ2n) is 15.0. The van der Waals surface area contributed by atoms with Crippen molar-refractivity contribution >= 4 is 32.7 Å². The van der Waals surface area contributed by atoms with E-state index in [1.165, 1.54) is 147 Å². The van der Waals surface area contributed by atoms with Crippen LogP contribution in [0.5, 0.6) is 0 Å². The molecule has 6 nitrogen and oxygen atoms in total. The van der Waals surface area contributed by atoms with Crippen molar-refractivity contribution in [3.8, 4) is 22.5 Å². The normalized spacial score (nSPS) is 17.4. The summed E-state index contributed by atoms with van der Waals surface area (Å²) in [7, 11) is 0. The molecule has 3 saturated heterocycles. The molecule has 6 heterocycles. The van der Waals surface area contributed by atoms with Gasteiger partial charge in [-0.15, -0.1) is 0 Å². The zero-order chi connectivity index (χ0) is 32.4. The van der Waals surface area contributed by atoms with Gasteiger partial charge in [0.05, 0.1) is 5.69 Å². The number of hydrogen-bond donors (Lipinski definition) is 3. The molecule has 0 aliphatic carbocycles. The number of fused-ring (bicyclic) bond motifs is 3. The summed E-state index contributed by atoms with van der Waals surface area (Å²) in [4.78, 5) is 19.5. The van der Waals surface area contributed by atoms with E-state index in [9.17, 15) is 0 Å². The van der Waals surface area contributed by atoms with Gasteiger partial charge in [0.1, 0.15) is 0 Å². The number of likely N-dealkylation sites (tertiary alicyclic amines) is 3. The second-order valence-corrected chi connectivity index (χ2v) is 15.0. The summed E-state index contributed by atoms with van der Waals surface area (Å²) < 4.78 is 0. The van der Waals surface area contributed by atoms with Crippen molar-refractivity contribution in [3.63, 3.8) is 0 Å². The van der Waals surface area contributed by atoms with E-state index in [4.69, 9.17) is 0 Å². The van der Waals surface area contributed by atoms with E-state index in [1.54, 1.807) is 0 Å². The monoisotopic (exact) mass is 638 g/mol. The van der Waals surface area contributed by atoms with Gasteiger partial charge in [-0.2, -0.15) is 0 Å². The zero-order valence-electron chi connectivity index (χ0n) is 29.1. The Morgan fingerprint density at radius 2 is 1.10 bits per heavy atom. The number of nitrogens with zero attached hydrogens (tertiary/aromatic N) is 3. The average Bonchev–Trinajstić information content (AvgIpc) is 3.66. The Labute approximate surface area is 284 Å². The van der Waals surface area contributed by atoms with Crippen molar-refractivity contribution in [1.29, 1.82) is 0 Å². The molecule has 0 amide bonds. The molecule has 3 aliphatic heterocycles. The van der Waals surface area contributed by atoms with E-state index in [2.05, 4.69) is 99.0 Å². The van der Waals surface area contributed by atoms with E-state index in [1.807, 2.05) is 0 Å². The lowest BCUT2D eigenvalue weighted by molar-refractivity contribution is 0.184. The quantitative estimate of drug-likeness (QED) is 0.134. The highest BCUT2D eigenvalue weighted by molar-refractivity contribution is 6.00. The van der Waals surface area contributed by atoms with Crippen LogP contribution in [0.1, 0.15) is 52.8 Å². The van der Waals surface area contributed by atoms with Gasteiger partial charge in [-0.3, -0.25) is 0 Å². The van der Waals surface area contributed by atoms with Crippen molar-refractivity contribution in [3.05, 3.63) is 82.0 Å². The van der Waals surface area contributed by atoms with Crippen LogP contribution in [0.25, 0.3) is 55.2 Å². The summed E-state index contributed by atoms with van der Waals surface area (Å²) in [5, 5.41) is 4.13. The van der Waals surface area contributed by atoms with Crippen LogP contribution in [-0.2, 0) is 19.3 Å². The third-order valence-corrected chi connectivity index (χ3v) is 12.0. The van der Waals surface area contributed by atoms with Crippen LogP contribution in [0, 0.1) is 20.8 Å². The smallest absolute Gasteiger partial charge is 0.0501 e. The van der Waals surface area contributed by atoms with Crippen molar-refractivity contribution in [2.75, 3.05) is 58.9 Å². The number of aromatic nitrogens is 3. The first kappa shape index (κ1) is 30.2. The number of rotatable bonds is 11. The van der Waals surface area contributed by atoms with Gasteiger partial charge in [-0.1, -0.05) is 36.4 Å². The molecule has 248 valence electrons. The number of benzene rings is 3. The lowest BCUT2D eigenvalue weighted by atomic mass is 9.95.